The molecule has 130 valence electrons. The highest BCUT2D eigenvalue weighted by Crippen LogP contribution is 2.29. The van der Waals surface area contributed by atoms with Crippen LogP contribution in [0.2, 0.25) is 0 Å². The van der Waals surface area contributed by atoms with Crippen molar-refractivity contribution in [3.63, 3.8) is 0 Å². The van der Waals surface area contributed by atoms with Gasteiger partial charge in [-0.1, -0.05) is 24.3 Å². The summed E-state index contributed by atoms with van der Waals surface area (Å²) in [6.45, 7) is 3.56. The molecule has 26 heavy (non-hydrogen) atoms. The number of para-hydroxylation sites is 1. The van der Waals surface area contributed by atoms with E-state index in [9.17, 15) is 15.4 Å². The Labute approximate surface area is 150 Å². The molecule has 7 nitrogen and oxygen atoms in total. The van der Waals surface area contributed by atoms with Crippen molar-refractivity contribution in [1.82, 2.24) is 9.78 Å². The second-order valence-corrected chi connectivity index (χ2v) is 5.78. The summed E-state index contributed by atoms with van der Waals surface area (Å²) in [6, 6.07) is 16.2. The molecule has 0 unspecified atom stereocenters. The highest BCUT2D eigenvalue weighted by atomic mass is 16.6. The van der Waals surface area contributed by atoms with Crippen molar-refractivity contribution >= 4 is 5.69 Å². The van der Waals surface area contributed by atoms with Gasteiger partial charge >= 0.3 is 5.69 Å². The van der Waals surface area contributed by atoms with Crippen LogP contribution in [0.25, 0.3) is 5.69 Å². The quantitative estimate of drug-likeness (QED) is 0.515. The van der Waals surface area contributed by atoms with E-state index < -0.39 is 4.92 Å². The van der Waals surface area contributed by atoms with Crippen LogP contribution in [-0.2, 0) is 6.61 Å². The molecule has 0 saturated heterocycles. The topological polar surface area (TPSA) is 94.0 Å². The number of nitro groups is 1. The van der Waals surface area contributed by atoms with Crippen LogP contribution in [0.4, 0.5) is 5.69 Å². The van der Waals surface area contributed by atoms with Gasteiger partial charge in [0.1, 0.15) is 18.2 Å². The minimum absolute atomic E-state index is 0.0110. The fraction of sp³-hybridized carbons (Fsp3) is 0.158. The van der Waals surface area contributed by atoms with Gasteiger partial charge in [-0.2, -0.15) is 10.4 Å². The molecular weight excluding hydrogens is 332 g/mol. The zero-order valence-corrected chi connectivity index (χ0v) is 14.3. The highest BCUT2D eigenvalue weighted by molar-refractivity contribution is 5.49. The molecule has 0 fully saturated rings. The molecule has 0 aliphatic rings. The molecular formula is C19H16N4O3. The van der Waals surface area contributed by atoms with Crippen LogP contribution in [0.15, 0.2) is 48.5 Å². The SMILES string of the molecule is Cc1ccc([N+](=O)[O-])c(OCc2c(C#N)c(C)nn2-c2ccccc2)c1. The van der Waals surface area contributed by atoms with Gasteiger partial charge in [0.05, 0.1) is 22.0 Å². The van der Waals surface area contributed by atoms with Gasteiger partial charge < -0.3 is 4.74 Å². The first-order chi connectivity index (χ1) is 12.5. The van der Waals surface area contributed by atoms with E-state index in [0.29, 0.717) is 17.0 Å². The number of nitrogens with zero attached hydrogens (tertiary/aromatic N) is 4. The number of hydrogen-bond acceptors (Lipinski definition) is 5. The van der Waals surface area contributed by atoms with Crippen molar-refractivity contribution in [2.45, 2.75) is 20.5 Å². The Balaban J connectivity index is 2.00. The fourth-order valence-corrected chi connectivity index (χ4v) is 2.67. The molecule has 0 atom stereocenters. The smallest absolute Gasteiger partial charge is 0.310 e. The van der Waals surface area contributed by atoms with Crippen LogP contribution in [0.5, 0.6) is 5.75 Å². The molecule has 3 aromatic rings. The molecule has 2 aromatic carbocycles. The average molecular weight is 348 g/mol. The number of aromatic nitrogens is 2. The number of rotatable bonds is 5. The van der Waals surface area contributed by atoms with Crippen LogP contribution in [0, 0.1) is 35.3 Å². The van der Waals surface area contributed by atoms with Gasteiger partial charge in [-0.3, -0.25) is 10.1 Å². The summed E-state index contributed by atoms with van der Waals surface area (Å²) < 4.78 is 7.36. The Morgan fingerprint density at radius 1 is 1.23 bits per heavy atom. The van der Waals surface area contributed by atoms with Crippen molar-refractivity contribution in [3.05, 3.63) is 81.2 Å². The van der Waals surface area contributed by atoms with Gasteiger partial charge in [0.2, 0.25) is 0 Å². The number of ether oxygens (including phenoxy) is 1. The lowest BCUT2D eigenvalue weighted by Crippen LogP contribution is -2.08. The minimum atomic E-state index is -0.486. The monoisotopic (exact) mass is 348 g/mol. The first-order valence-electron chi connectivity index (χ1n) is 7.93. The molecule has 3 rings (SSSR count). The average Bonchev–Trinajstić information content (AvgIpc) is 2.96. The maximum Gasteiger partial charge on any atom is 0.310 e. The third-order valence-electron chi connectivity index (χ3n) is 3.95. The number of benzene rings is 2. The lowest BCUT2D eigenvalue weighted by Gasteiger charge is -2.10. The molecule has 7 heteroatoms. The van der Waals surface area contributed by atoms with E-state index in [1.54, 1.807) is 23.7 Å². The van der Waals surface area contributed by atoms with E-state index in [0.717, 1.165) is 11.3 Å². The normalized spacial score (nSPS) is 10.3. The summed E-state index contributed by atoms with van der Waals surface area (Å²) in [7, 11) is 0. The van der Waals surface area contributed by atoms with Crippen LogP contribution in [-0.4, -0.2) is 14.7 Å². The fourth-order valence-electron chi connectivity index (χ4n) is 2.67. The molecule has 0 radical (unpaired) electrons. The van der Waals surface area contributed by atoms with E-state index in [1.807, 2.05) is 37.3 Å². The van der Waals surface area contributed by atoms with Crippen molar-refractivity contribution in [2.24, 2.45) is 0 Å². The summed E-state index contributed by atoms with van der Waals surface area (Å²) >= 11 is 0. The second kappa shape index (κ2) is 7.07. The molecule has 1 aromatic heterocycles. The summed E-state index contributed by atoms with van der Waals surface area (Å²) in [5.74, 6) is 0.164. The van der Waals surface area contributed by atoms with Gasteiger partial charge in [0.15, 0.2) is 5.75 Å². The van der Waals surface area contributed by atoms with Crippen molar-refractivity contribution in [1.29, 1.82) is 5.26 Å². The predicted octanol–water partition coefficient (Wildman–Crippen LogP) is 3.85. The van der Waals surface area contributed by atoms with Crippen molar-refractivity contribution in [3.8, 4) is 17.5 Å². The summed E-state index contributed by atoms with van der Waals surface area (Å²) in [5.41, 5.74) is 3.05. The molecule has 1 heterocycles. The zero-order valence-electron chi connectivity index (χ0n) is 14.3. The first kappa shape index (κ1) is 17.2. The number of nitro benzene ring substituents is 1. The Kier molecular flexibility index (Phi) is 4.67. The Morgan fingerprint density at radius 3 is 2.62 bits per heavy atom. The maximum atomic E-state index is 11.2. The van der Waals surface area contributed by atoms with Gasteiger partial charge in [0.25, 0.3) is 0 Å². The van der Waals surface area contributed by atoms with E-state index in [2.05, 4.69) is 11.2 Å². The number of aryl methyl sites for hydroxylation is 2. The zero-order chi connectivity index (χ0) is 18.7. The third kappa shape index (κ3) is 3.26. The first-order valence-corrected chi connectivity index (χ1v) is 7.93. The predicted molar refractivity (Wildman–Crippen MR) is 95.2 cm³/mol. The number of hydrogen-bond donors (Lipinski definition) is 0. The lowest BCUT2D eigenvalue weighted by molar-refractivity contribution is -0.386. The van der Waals surface area contributed by atoms with Gasteiger partial charge in [0, 0.05) is 6.07 Å². The minimum Gasteiger partial charge on any atom is -0.480 e. The summed E-state index contributed by atoms with van der Waals surface area (Å²) in [4.78, 5) is 10.7. The molecule has 0 saturated carbocycles. The third-order valence-corrected chi connectivity index (χ3v) is 3.95. The molecule has 0 amide bonds. The van der Waals surface area contributed by atoms with Crippen molar-refractivity contribution in [2.75, 3.05) is 0 Å². The van der Waals surface area contributed by atoms with Crippen LogP contribution < -0.4 is 4.74 Å². The maximum absolute atomic E-state index is 11.2. The lowest BCUT2D eigenvalue weighted by atomic mass is 10.2. The standard InChI is InChI=1S/C19H16N4O3/c1-13-8-9-17(23(24)25)19(10-13)26-12-18-16(11-20)14(2)21-22(18)15-6-4-3-5-7-15/h3-10H,12H2,1-2H3. The molecule has 0 N–H and O–H groups in total. The van der Waals surface area contributed by atoms with Crippen molar-refractivity contribution < 1.29 is 9.66 Å². The Hall–Kier alpha value is -3.66. The second-order valence-electron chi connectivity index (χ2n) is 5.78. The molecule has 0 spiro atoms. The molecule has 0 bridgehead atoms. The summed E-state index contributed by atoms with van der Waals surface area (Å²) in [6.07, 6.45) is 0. The van der Waals surface area contributed by atoms with E-state index in [1.165, 1.54) is 6.07 Å². The van der Waals surface area contributed by atoms with Gasteiger partial charge in [-0.15, -0.1) is 0 Å². The largest absolute Gasteiger partial charge is 0.480 e. The Bertz CT molecular complexity index is 1000. The van der Waals surface area contributed by atoms with Gasteiger partial charge in [-0.25, -0.2) is 4.68 Å². The molecule has 0 aliphatic heterocycles. The van der Waals surface area contributed by atoms with Crippen LogP contribution >= 0.6 is 0 Å². The van der Waals surface area contributed by atoms with Crippen LogP contribution in [0.1, 0.15) is 22.5 Å². The summed E-state index contributed by atoms with van der Waals surface area (Å²) in [5, 5.41) is 25.1. The number of nitriles is 1. The van der Waals surface area contributed by atoms with E-state index in [-0.39, 0.29) is 18.0 Å². The Morgan fingerprint density at radius 2 is 1.96 bits per heavy atom. The van der Waals surface area contributed by atoms with E-state index >= 15 is 0 Å². The van der Waals surface area contributed by atoms with Crippen LogP contribution in [0.3, 0.4) is 0 Å². The molecule has 0 aliphatic carbocycles. The van der Waals surface area contributed by atoms with Gasteiger partial charge in [-0.05, 0) is 37.6 Å². The highest BCUT2D eigenvalue weighted by Gasteiger charge is 2.20. The van der Waals surface area contributed by atoms with E-state index in [4.69, 9.17) is 4.74 Å².